The van der Waals surface area contributed by atoms with E-state index < -0.39 is 0 Å². The third kappa shape index (κ3) is 4.83. The molecule has 104 valence electrons. The molecular formula is C12H18N4OS2. The van der Waals surface area contributed by atoms with Crippen LogP contribution in [0, 0.1) is 0 Å². The van der Waals surface area contributed by atoms with E-state index >= 15 is 0 Å². The number of nitrogens with one attached hydrogen (secondary N) is 2. The smallest absolute Gasteiger partial charge is 0.321 e. The Labute approximate surface area is 121 Å². The monoisotopic (exact) mass is 298 g/mol. The fraction of sp³-hybridized carbons (Fsp3) is 0.583. The number of aromatic nitrogens is 2. The Hall–Kier alpha value is -1.08. The maximum Gasteiger partial charge on any atom is 0.321 e. The molecule has 1 aliphatic carbocycles. The average molecular weight is 298 g/mol. The van der Waals surface area contributed by atoms with E-state index in [1.54, 1.807) is 11.8 Å². The fourth-order valence-electron chi connectivity index (χ4n) is 2.01. The minimum atomic E-state index is -0.177. The molecule has 1 aliphatic rings. The van der Waals surface area contributed by atoms with Gasteiger partial charge in [-0.15, -0.1) is 16.8 Å². The molecule has 0 atom stereocenters. The number of carbonyl (C=O) groups is 1. The highest BCUT2D eigenvalue weighted by molar-refractivity contribution is 8.01. The molecule has 1 heterocycles. The second kappa shape index (κ2) is 7.49. The Morgan fingerprint density at radius 2 is 2.21 bits per heavy atom. The first-order valence-corrected chi connectivity index (χ1v) is 8.23. The Bertz CT molecular complexity index is 429. The predicted octanol–water partition coefficient (Wildman–Crippen LogP) is 3.27. The lowest BCUT2D eigenvalue weighted by Gasteiger charge is -2.22. The first-order valence-electron chi connectivity index (χ1n) is 6.42. The second-order valence-corrected chi connectivity index (χ2v) is 6.65. The number of amides is 2. The van der Waals surface area contributed by atoms with Crippen LogP contribution in [0.25, 0.3) is 0 Å². The molecule has 1 aromatic rings. The van der Waals surface area contributed by atoms with Gasteiger partial charge in [-0.25, -0.2) is 4.79 Å². The van der Waals surface area contributed by atoms with Crippen LogP contribution in [0.3, 0.4) is 0 Å². The van der Waals surface area contributed by atoms with E-state index in [1.807, 2.05) is 6.08 Å². The van der Waals surface area contributed by atoms with E-state index in [4.69, 9.17) is 0 Å². The Kier molecular flexibility index (Phi) is 5.65. The van der Waals surface area contributed by atoms with Crippen LogP contribution in [0.2, 0.25) is 0 Å². The zero-order valence-electron chi connectivity index (χ0n) is 10.7. The van der Waals surface area contributed by atoms with Crippen LogP contribution in [0.1, 0.15) is 32.1 Å². The van der Waals surface area contributed by atoms with E-state index in [9.17, 15) is 4.79 Å². The van der Waals surface area contributed by atoms with Crippen molar-refractivity contribution < 1.29 is 4.79 Å². The molecule has 2 N–H and O–H groups in total. The predicted molar refractivity (Wildman–Crippen MR) is 79.9 cm³/mol. The van der Waals surface area contributed by atoms with Crippen LogP contribution in [0.5, 0.6) is 0 Å². The molecule has 0 radical (unpaired) electrons. The molecule has 0 spiro atoms. The largest absolute Gasteiger partial charge is 0.335 e. The maximum absolute atomic E-state index is 11.8. The highest BCUT2D eigenvalue weighted by Crippen LogP contribution is 2.25. The van der Waals surface area contributed by atoms with Crippen molar-refractivity contribution in [2.45, 2.75) is 42.5 Å². The summed E-state index contributed by atoms with van der Waals surface area (Å²) in [4.78, 5) is 11.8. The second-order valence-electron chi connectivity index (χ2n) is 4.41. The Morgan fingerprint density at radius 1 is 1.42 bits per heavy atom. The molecule has 1 aromatic heterocycles. The molecule has 1 fully saturated rings. The zero-order valence-corrected chi connectivity index (χ0v) is 12.4. The van der Waals surface area contributed by atoms with Gasteiger partial charge < -0.3 is 5.32 Å². The average Bonchev–Trinajstić information content (AvgIpc) is 2.85. The van der Waals surface area contributed by atoms with E-state index in [0.29, 0.717) is 11.2 Å². The maximum atomic E-state index is 11.8. The number of carbonyl (C=O) groups excluding carboxylic acids is 1. The lowest BCUT2D eigenvalue weighted by atomic mass is 9.96. The molecule has 0 bridgehead atoms. The summed E-state index contributed by atoms with van der Waals surface area (Å²) in [6.07, 6.45) is 7.64. The highest BCUT2D eigenvalue weighted by Gasteiger charge is 2.16. The van der Waals surface area contributed by atoms with Gasteiger partial charge in [-0.1, -0.05) is 48.4 Å². The first kappa shape index (κ1) is 14.3. The molecule has 2 rings (SSSR count). The Morgan fingerprint density at radius 3 is 2.95 bits per heavy atom. The summed E-state index contributed by atoms with van der Waals surface area (Å²) in [5, 5.41) is 14.2. The van der Waals surface area contributed by atoms with Crippen LogP contribution in [0.4, 0.5) is 9.93 Å². The van der Waals surface area contributed by atoms with Crippen LogP contribution in [-0.4, -0.2) is 28.0 Å². The molecule has 2 amide bonds. The molecule has 1 saturated carbocycles. The van der Waals surface area contributed by atoms with Crippen molar-refractivity contribution in [1.82, 2.24) is 15.5 Å². The lowest BCUT2D eigenvalue weighted by molar-refractivity contribution is 0.244. The third-order valence-corrected chi connectivity index (χ3v) is 4.86. The van der Waals surface area contributed by atoms with Crippen LogP contribution < -0.4 is 10.6 Å². The van der Waals surface area contributed by atoms with Gasteiger partial charge in [-0.2, -0.15) is 0 Å². The summed E-state index contributed by atoms with van der Waals surface area (Å²) >= 11 is 2.94. The number of hydrogen-bond acceptors (Lipinski definition) is 5. The molecule has 0 aliphatic heterocycles. The quantitative estimate of drug-likeness (QED) is 0.497. The van der Waals surface area contributed by atoms with Crippen molar-refractivity contribution in [3.63, 3.8) is 0 Å². The number of hydrogen-bond donors (Lipinski definition) is 2. The van der Waals surface area contributed by atoms with Gasteiger partial charge in [0.1, 0.15) is 0 Å². The number of nitrogens with zero attached hydrogens (tertiary/aromatic N) is 2. The van der Waals surface area contributed by atoms with Gasteiger partial charge in [0, 0.05) is 11.8 Å². The van der Waals surface area contributed by atoms with Gasteiger partial charge >= 0.3 is 6.03 Å². The number of rotatable bonds is 5. The van der Waals surface area contributed by atoms with E-state index in [2.05, 4.69) is 27.4 Å². The topological polar surface area (TPSA) is 66.9 Å². The van der Waals surface area contributed by atoms with Crippen LogP contribution >= 0.6 is 23.1 Å². The number of anilines is 1. The highest BCUT2D eigenvalue weighted by atomic mass is 32.2. The molecule has 0 saturated heterocycles. The summed E-state index contributed by atoms with van der Waals surface area (Å²) in [5.74, 6) is 0.795. The van der Waals surface area contributed by atoms with Crippen molar-refractivity contribution in [3.8, 4) is 0 Å². The van der Waals surface area contributed by atoms with Gasteiger partial charge in [0.25, 0.3) is 0 Å². The standard InChI is InChI=1S/C12H18N4OS2/c1-2-8-18-12-16-15-11(19-12)14-10(17)13-9-6-4-3-5-7-9/h2,9H,1,3-8H2,(H2,13,14,15,17). The van der Waals surface area contributed by atoms with E-state index in [1.165, 1.54) is 30.6 Å². The van der Waals surface area contributed by atoms with Crippen molar-refractivity contribution in [3.05, 3.63) is 12.7 Å². The van der Waals surface area contributed by atoms with Crippen molar-refractivity contribution >= 4 is 34.3 Å². The molecule has 5 nitrogen and oxygen atoms in total. The molecule has 0 aromatic carbocycles. The summed E-state index contributed by atoms with van der Waals surface area (Å²) in [6.45, 7) is 3.65. The SMILES string of the molecule is C=CCSc1nnc(NC(=O)NC2CCCCC2)s1. The summed E-state index contributed by atoms with van der Waals surface area (Å²) in [7, 11) is 0. The molecule has 7 heteroatoms. The fourth-order valence-corrected chi connectivity index (χ4v) is 3.52. The normalized spacial score (nSPS) is 16.0. The summed E-state index contributed by atoms with van der Waals surface area (Å²) in [6, 6.07) is 0.125. The summed E-state index contributed by atoms with van der Waals surface area (Å²) in [5.41, 5.74) is 0. The van der Waals surface area contributed by atoms with Gasteiger partial charge in [0.2, 0.25) is 5.13 Å². The van der Waals surface area contributed by atoms with Gasteiger partial charge in [0.05, 0.1) is 0 Å². The molecular weight excluding hydrogens is 280 g/mol. The van der Waals surface area contributed by atoms with Gasteiger partial charge in [-0.3, -0.25) is 5.32 Å². The minimum absolute atomic E-state index is 0.177. The minimum Gasteiger partial charge on any atom is -0.335 e. The first-order chi connectivity index (χ1) is 9.28. The van der Waals surface area contributed by atoms with E-state index in [0.717, 1.165) is 22.9 Å². The zero-order chi connectivity index (χ0) is 13.5. The summed E-state index contributed by atoms with van der Waals surface area (Å²) < 4.78 is 0.841. The van der Waals surface area contributed by atoms with Gasteiger partial charge in [0.15, 0.2) is 4.34 Å². The lowest BCUT2D eigenvalue weighted by Crippen LogP contribution is -2.38. The van der Waals surface area contributed by atoms with E-state index in [-0.39, 0.29) is 6.03 Å². The molecule has 0 unspecified atom stereocenters. The van der Waals surface area contributed by atoms with Crippen molar-refractivity contribution in [1.29, 1.82) is 0 Å². The Balaban J connectivity index is 1.77. The third-order valence-electron chi connectivity index (χ3n) is 2.89. The van der Waals surface area contributed by atoms with Crippen molar-refractivity contribution in [2.75, 3.05) is 11.1 Å². The molecule has 19 heavy (non-hydrogen) atoms. The number of thioether (sulfide) groups is 1. The number of urea groups is 1. The van der Waals surface area contributed by atoms with Crippen molar-refractivity contribution in [2.24, 2.45) is 0 Å². The van der Waals surface area contributed by atoms with Gasteiger partial charge in [-0.05, 0) is 12.8 Å². The van der Waals surface area contributed by atoms with Crippen LogP contribution in [-0.2, 0) is 0 Å². The van der Waals surface area contributed by atoms with Crippen LogP contribution in [0.15, 0.2) is 17.0 Å².